The summed E-state index contributed by atoms with van der Waals surface area (Å²) in [6, 6.07) is 6.30. The first kappa shape index (κ1) is 12.5. The summed E-state index contributed by atoms with van der Waals surface area (Å²) in [6.07, 6.45) is 1.88. The maximum atomic E-state index is 5.68. The first-order valence-electron chi connectivity index (χ1n) is 5.67. The average molecular weight is 267 g/mol. The lowest BCUT2D eigenvalue weighted by Gasteiger charge is -2.04. The predicted octanol–water partition coefficient (Wildman–Crippen LogP) is 3.99. The second-order valence-electron chi connectivity index (χ2n) is 4.06. The van der Waals surface area contributed by atoms with Gasteiger partial charge in [0.25, 0.3) is 0 Å². The lowest BCUT2D eigenvalue weighted by molar-refractivity contribution is 0.884. The Hall–Kier alpha value is -0.930. The topological polar surface area (TPSA) is 25.8 Å². The summed E-state index contributed by atoms with van der Waals surface area (Å²) in [5.41, 5.74) is 3.73. The minimum absolute atomic E-state index is 0.679. The third-order valence-corrected chi connectivity index (χ3v) is 3.95. The van der Waals surface area contributed by atoms with Crippen molar-refractivity contribution < 1.29 is 0 Å². The highest BCUT2D eigenvalue weighted by Crippen LogP contribution is 2.29. The Morgan fingerprint density at radius 3 is 2.53 bits per heavy atom. The van der Waals surface area contributed by atoms with Gasteiger partial charge in [0.05, 0.1) is 0 Å². The second-order valence-corrected chi connectivity index (χ2v) is 5.50. The standard InChI is InChI=1S/C13H15ClN2S/c1-9-5-3-6-10(2)12(9)13-16-15-11(17-13)7-4-8-14/h3,5-6H,4,7-8H2,1-2H3. The molecule has 0 aliphatic carbocycles. The number of aromatic nitrogens is 2. The smallest absolute Gasteiger partial charge is 0.143 e. The van der Waals surface area contributed by atoms with Crippen LogP contribution in [0.5, 0.6) is 0 Å². The van der Waals surface area contributed by atoms with Gasteiger partial charge in [-0.2, -0.15) is 0 Å². The lowest BCUT2D eigenvalue weighted by Crippen LogP contribution is -1.86. The number of rotatable bonds is 4. The predicted molar refractivity (Wildman–Crippen MR) is 73.9 cm³/mol. The molecule has 0 amide bonds. The Labute approximate surface area is 111 Å². The van der Waals surface area contributed by atoms with Crippen LogP contribution in [0.4, 0.5) is 0 Å². The van der Waals surface area contributed by atoms with Crippen LogP contribution in [-0.2, 0) is 6.42 Å². The number of alkyl halides is 1. The van der Waals surface area contributed by atoms with Gasteiger partial charge in [-0.25, -0.2) is 0 Å². The zero-order chi connectivity index (χ0) is 12.3. The number of benzene rings is 1. The first-order valence-corrected chi connectivity index (χ1v) is 7.02. The molecule has 0 aliphatic heterocycles. The summed E-state index contributed by atoms with van der Waals surface area (Å²) in [5.74, 6) is 0.679. The van der Waals surface area contributed by atoms with E-state index in [0.29, 0.717) is 5.88 Å². The van der Waals surface area contributed by atoms with Gasteiger partial charge in [-0.3, -0.25) is 0 Å². The number of aryl methyl sites for hydroxylation is 3. The highest BCUT2D eigenvalue weighted by molar-refractivity contribution is 7.14. The summed E-state index contributed by atoms with van der Waals surface area (Å²) < 4.78 is 0. The zero-order valence-corrected chi connectivity index (χ0v) is 11.6. The molecule has 0 atom stereocenters. The molecule has 0 saturated carbocycles. The fourth-order valence-corrected chi connectivity index (χ4v) is 3.02. The average Bonchev–Trinajstić information content (AvgIpc) is 2.75. The second kappa shape index (κ2) is 5.61. The summed E-state index contributed by atoms with van der Waals surface area (Å²) in [7, 11) is 0. The Morgan fingerprint density at radius 1 is 1.18 bits per heavy atom. The molecule has 1 aromatic carbocycles. The van der Waals surface area contributed by atoms with E-state index in [1.165, 1.54) is 16.7 Å². The molecule has 0 bridgehead atoms. The van der Waals surface area contributed by atoms with Gasteiger partial charge in [0, 0.05) is 17.9 Å². The molecule has 1 heterocycles. The molecule has 2 rings (SSSR count). The van der Waals surface area contributed by atoms with Crippen molar-refractivity contribution in [1.29, 1.82) is 0 Å². The Morgan fingerprint density at radius 2 is 1.88 bits per heavy atom. The van der Waals surface area contributed by atoms with Crippen molar-refractivity contribution in [3.63, 3.8) is 0 Å². The van der Waals surface area contributed by atoms with Crippen molar-refractivity contribution in [3.05, 3.63) is 34.3 Å². The molecule has 0 radical (unpaired) electrons. The van der Waals surface area contributed by atoms with E-state index in [-0.39, 0.29) is 0 Å². The van der Waals surface area contributed by atoms with Crippen molar-refractivity contribution >= 4 is 22.9 Å². The lowest BCUT2D eigenvalue weighted by atomic mass is 10.0. The number of halogens is 1. The molecular formula is C13H15ClN2S. The SMILES string of the molecule is Cc1cccc(C)c1-c1nnc(CCCCl)s1. The van der Waals surface area contributed by atoms with Gasteiger partial charge in [0.1, 0.15) is 10.0 Å². The van der Waals surface area contributed by atoms with Gasteiger partial charge in [-0.15, -0.1) is 21.8 Å². The van der Waals surface area contributed by atoms with Crippen LogP contribution in [0.25, 0.3) is 10.6 Å². The van der Waals surface area contributed by atoms with Crippen LogP contribution >= 0.6 is 22.9 Å². The maximum Gasteiger partial charge on any atom is 0.148 e. The first-order chi connectivity index (χ1) is 8.22. The highest BCUT2D eigenvalue weighted by Gasteiger charge is 2.10. The molecule has 0 N–H and O–H groups in total. The molecule has 1 aromatic heterocycles. The van der Waals surface area contributed by atoms with Crippen molar-refractivity contribution in [2.24, 2.45) is 0 Å². The summed E-state index contributed by atoms with van der Waals surface area (Å²) in [5, 5.41) is 10.6. The van der Waals surface area contributed by atoms with E-state index in [9.17, 15) is 0 Å². The molecule has 90 valence electrons. The summed E-state index contributed by atoms with van der Waals surface area (Å²) >= 11 is 7.36. The fraction of sp³-hybridized carbons (Fsp3) is 0.385. The molecule has 2 aromatic rings. The van der Waals surface area contributed by atoms with Crippen molar-refractivity contribution in [2.75, 3.05) is 5.88 Å². The molecule has 0 spiro atoms. The van der Waals surface area contributed by atoms with Crippen LogP contribution in [0, 0.1) is 13.8 Å². The molecule has 0 saturated heterocycles. The van der Waals surface area contributed by atoms with Gasteiger partial charge in [-0.1, -0.05) is 29.5 Å². The van der Waals surface area contributed by atoms with Crippen LogP contribution in [-0.4, -0.2) is 16.1 Å². The molecule has 4 heteroatoms. The van der Waals surface area contributed by atoms with Crippen molar-refractivity contribution in [2.45, 2.75) is 26.7 Å². The third kappa shape index (κ3) is 2.85. The van der Waals surface area contributed by atoms with E-state index in [1.807, 2.05) is 0 Å². The molecule has 2 nitrogen and oxygen atoms in total. The van der Waals surface area contributed by atoms with E-state index >= 15 is 0 Å². The van der Waals surface area contributed by atoms with Gasteiger partial charge >= 0.3 is 0 Å². The Kier molecular flexibility index (Phi) is 4.13. The highest BCUT2D eigenvalue weighted by atomic mass is 35.5. The van der Waals surface area contributed by atoms with Gasteiger partial charge < -0.3 is 0 Å². The third-order valence-electron chi connectivity index (χ3n) is 2.69. The van der Waals surface area contributed by atoms with Crippen molar-refractivity contribution in [3.8, 4) is 10.6 Å². The largest absolute Gasteiger partial charge is 0.148 e. The van der Waals surface area contributed by atoms with E-state index in [0.717, 1.165) is 22.9 Å². The Balaban J connectivity index is 2.30. The molecule has 0 unspecified atom stereocenters. The van der Waals surface area contributed by atoms with E-state index in [1.54, 1.807) is 11.3 Å². The molecule has 0 aliphatic rings. The number of nitrogens with zero attached hydrogens (tertiary/aromatic N) is 2. The van der Waals surface area contributed by atoms with Gasteiger partial charge in [0.2, 0.25) is 0 Å². The van der Waals surface area contributed by atoms with Crippen LogP contribution in [0.1, 0.15) is 22.6 Å². The fourth-order valence-electron chi connectivity index (χ4n) is 1.83. The Bertz CT molecular complexity index is 488. The van der Waals surface area contributed by atoms with Crippen LogP contribution in [0.3, 0.4) is 0 Å². The van der Waals surface area contributed by atoms with E-state index < -0.39 is 0 Å². The van der Waals surface area contributed by atoms with Crippen molar-refractivity contribution in [1.82, 2.24) is 10.2 Å². The van der Waals surface area contributed by atoms with E-state index in [2.05, 4.69) is 42.2 Å². The van der Waals surface area contributed by atoms with Gasteiger partial charge in [-0.05, 0) is 31.4 Å². The van der Waals surface area contributed by atoms with Gasteiger partial charge in [0.15, 0.2) is 0 Å². The summed E-state index contributed by atoms with van der Waals surface area (Å²) in [4.78, 5) is 0. The minimum atomic E-state index is 0.679. The number of hydrogen-bond acceptors (Lipinski definition) is 3. The monoisotopic (exact) mass is 266 g/mol. The molecule has 0 fully saturated rings. The maximum absolute atomic E-state index is 5.68. The van der Waals surface area contributed by atoms with Crippen LogP contribution < -0.4 is 0 Å². The number of hydrogen-bond donors (Lipinski definition) is 0. The minimum Gasteiger partial charge on any atom is -0.143 e. The normalized spacial score (nSPS) is 10.8. The van der Waals surface area contributed by atoms with Crippen LogP contribution in [0.15, 0.2) is 18.2 Å². The molecular weight excluding hydrogens is 252 g/mol. The summed E-state index contributed by atoms with van der Waals surface area (Å²) in [6.45, 7) is 4.23. The molecule has 17 heavy (non-hydrogen) atoms. The van der Waals surface area contributed by atoms with Crippen LogP contribution in [0.2, 0.25) is 0 Å². The van der Waals surface area contributed by atoms with E-state index in [4.69, 9.17) is 11.6 Å². The zero-order valence-electron chi connectivity index (χ0n) is 10.0. The quantitative estimate of drug-likeness (QED) is 0.782.